The van der Waals surface area contributed by atoms with Crippen molar-refractivity contribution < 1.29 is 0 Å². The summed E-state index contributed by atoms with van der Waals surface area (Å²) >= 11 is 0. The maximum absolute atomic E-state index is 2.66. The van der Waals surface area contributed by atoms with Gasteiger partial charge >= 0.3 is 0 Å². The fourth-order valence-electron chi connectivity index (χ4n) is 4.11. The average molecular weight is 163 g/mol. The molecule has 0 nitrogen and oxygen atoms in total. The van der Waals surface area contributed by atoms with Crippen molar-refractivity contribution in [1.29, 1.82) is 0 Å². The van der Waals surface area contributed by atoms with Crippen LogP contribution < -0.4 is 0 Å². The summed E-state index contributed by atoms with van der Waals surface area (Å²) in [5.74, 6) is 4.45. The predicted octanol–water partition coefficient (Wildman–Crippen LogP) is 3.43. The van der Waals surface area contributed by atoms with Gasteiger partial charge in [-0.3, -0.25) is 0 Å². The smallest absolute Gasteiger partial charge is 0.0324 e. The number of rotatable bonds is 0. The summed E-state index contributed by atoms with van der Waals surface area (Å²) in [4.78, 5) is 0. The van der Waals surface area contributed by atoms with E-state index >= 15 is 0 Å². The van der Waals surface area contributed by atoms with E-state index in [0.29, 0.717) is 0 Å². The van der Waals surface area contributed by atoms with Gasteiger partial charge in [-0.2, -0.15) is 0 Å². The fourth-order valence-corrected chi connectivity index (χ4v) is 4.11. The molecule has 0 aliphatic heterocycles. The normalized spacial score (nSPS) is 52.0. The van der Waals surface area contributed by atoms with E-state index in [1.807, 2.05) is 0 Å². The minimum atomic E-state index is 1.06. The lowest BCUT2D eigenvalue weighted by molar-refractivity contribution is 0.156. The monoisotopic (exact) mass is 163 g/mol. The second kappa shape index (κ2) is 2.75. The molecule has 0 spiro atoms. The quantitative estimate of drug-likeness (QED) is 0.513. The Labute approximate surface area is 75.7 Å². The highest BCUT2D eigenvalue weighted by Gasteiger charge is 2.43. The molecule has 0 saturated heterocycles. The molecule has 3 rings (SSSR count). The predicted molar refractivity (Wildman–Crippen MR) is 50.6 cm³/mol. The Balaban J connectivity index is 1.81. The van der Waals surface area contributed by atoms with Gasteiger partial charge in [0.25, 0.3) is 0 Å². The van der Waals surface area contributed by atoms with Crippen LogP contribution in [0.25, 0.3) is 0 Å². The molecular weight excluding hydrogens is 144 g/mol. The highest BCUT2D eigenvalue weighted by molar-refractivity contribution is 5.00. The van der Waals surface area contributed by atoms with Crippen molar-refractivity contribution in [1.82, 2.24) is 0 Å². The summed E-state index contributed by atoms with van der Waals surface area (Å²) in [5.41, 5.74) is 0. The first-order valence-corrected chi connectivity index (χ1v) is 5.78. The van der Waals surface area contributed by atoms with Crippen molar-refractivity contribution in [3.8, 4) is 0 Å². The van der Waals surface area contributed by atoms with E-state index in [2.05, 4.69) is 6.42 Å². The van der Waals surface area contributed by atoms with E-state index in [-0.39, 0.29) is 0 Å². The highest BCUT2D eigenvalue weighted by Crippen LogP contribution is 2.53. The molecule has 12 heavy (non-hydrogen) atoms. The van der Waals surface area contributed by atoms with Crippen molar-refractivity contribution >= 4 is 0 Å². The summed E-state index contributed by atoms with van der Waals surface area (Å²) in [7, 11) is 0. The first-order valence-electron chi connectivity index (χ1n) is 5.78. The molecule has 1 radical (unpaired) electrons. The Hall–Kier alpha value is 0. The number of hydrogen-bond donors (Lipinski definition) is 0. The molecule has 3 saturated carbocycles. The third-order valence-electron chi connectivity index (χ3n) is 4.64. The van der Waals surface area contributed by atoms with Gasteiger partial charge in [-0.05, 0) is 62.2 Å². The average Bonchev–Trinajstić information content (AvgIpc) is 2.71. The van der Waals surface area contributed by atoms with Crippen molar-refractivity contribution in [2.24, 2.45) is 23.7 Å². The molecule has 0 heterocycles. The molecule has 3 fully saturated rings. The topological polar surface area (TPSA) is 0 Å². The largest absolute Gasteiger partial charge is 0.0527 e. The molecule has 0 bridgehead atoms. The first-order chi connectivity index (χ1) is 5.95. The van der Waals surface area contributed by atoms with Gasteiger partial charge in [0, 0.05) is 0 Å². The van der Waals surface area contributed by atoms with Crippen LogP contribution in [0.5, 0.6) is 0 Å². The minimum Gasteiger partial charge on any atom is -0.0527 e. The van der Waals surface area contributed by atoms with Crippen molar-refractivity contribution in [3.05, 3.63) is 6.42 Å². The van der Waals surface area contributed by atoms with E-state index in [1.54, 1.807) is 25.7 Å². The van der Waals surface area contributed by atoms with Crippen LogP contribution in [0.3, 0.4) is 0 Å². The number of hydrogen-bond acceptors (Lipinski definition) is 0. The van der Waals surface area contributed by atoms with Crippen LogP contribution in [0.1, 0.15) is 44.9 Å². The van der Waals surface area contributed by atoms with Crippen LogP contribution in [-0.4, -0.2) is 0 Å². The summed E-state index contributed by atoms with van der Waals surface area (Å²) in [6.45, 7) is 0. The summed E-state index contributed by atoms with van der Waals surface area (Å²) in [6.07, 6.45) is 13.4. The third kappa shape index (κ3) is 0.963. The van der Waals surface area contributed by atoms with Gasteiger partial charge in [0.2, 0.25) is 0 Å². The molecule has 0 aromatic carbocycles. The molecule has 0 amide bonds. The van der Waals surface area contributed by atoms with Crippen LogP contribution in [0, 0.1) is 30.1 Å². The van der Waals surface area contributed by atoms with Crippen molar-refractivity contribution in [2.45, 2.75) is 44.9 Å². The molecule has 0 aromatic rings. The lowest BCUT2D eigenvalue weighted by atomic mass is 9.69. The highest BCUT2D eigenvalue weighted by atomic mass is 14.5. The SMILES string of the molecule is [CH]1CCC2CCC3CCCC3C12. The Morgan fingerprint density at radius 2 is 1.75 bits per heavy atom. The lowest BCUT2D eigenvalue weighted by Crippen LogP contribution is -2.28. The fraction of sp³-hybridized carbons (Fsp3) is 0.917. The number of fused-ring (bicyclic) bond motifs is 3. The Bertz CT molecular complexity index is 153. The molecule has 4 atom stereocenters. The van der Waals surface area contributed by atoms with Crippen LogP contribution in [0.4, 0.5) is 0 Å². The van der Waals surface area contributed by atoms with Gasteiger partial charge in [0.15, 0.2) is 0 Å². The van der Waals surface area contributed by atoms with Gasteiger partial charge in [-0.15, -0.1) is 0 Å². The maximum atomic E-state index is 2.66. The Morgan fingerprint density at radius 3 is 2.75 bits per heavy atom. The molecule has 67 valence electrons. The van der Waals surface area contributed by atoms with Gasteiger partial charge in [0.1, 0.15) is 0 Å². The van der Waals surface area contributed by atoms with Gasteiger partial charge in [-0.25, -0.2) is 0 Å². The maximum Gasteiger partial charge on any atom is -0.0324 e. The van der Waals surface area contributed by atoms with Gasteiger partial charge in [0.05, 0.1) is 0 Å². The standard InChI is InChI=1S/C12H19/c1-3-9-7-8-10-4-2-6-12(10)11(9)5-1/h5,9-12H,1-4,6-8H2. The molecule has 3 aliphatic carbocycles. The zero-order chi connectivity index (χ0) is 7.97. The summed E-state index contributed by atoms with van der Waals surface area (Å²) in [5, 5.41) is 0. The molecule has 0 aromatic heterocycles. The summed E-state index contributed by atoms with van der Waals surface area (Å²) in [6, 6.07) is 0. The van der Waals surface area contributed by atoms with E-state index in [0.717, 1.165) is 23.7 Å². The molecular formula is C12H19. The van der Waals surface area contributed by atoms with Gasteiger partial charge in [-0.1, -0.05) is 12.8 Å². The zero-order valence-electron chi connectivity index (χ0n) is 7.84. The molecule has 4 unspecified atom stereocenters. The van der Waals surface area contributed by atoms with Crippen LogP contribution in [0.15, 0.2) is 0 Å². The van der Waals surface area contributed by atoms with E-state index in [1.165, 1.54) is 19.3 Å². The third-order valence-corrected chi connectivity index (χ3v) is 4.64. The lowest BCUT2D eigenvalue weighted by Gasteiger charge is -2.36. The zero-order valence-corrected chi connectivity index (χ0v) is 7.84. The molecule has 0 heteroatoms. The molecule has 0 N–H and O–H groups in total. The van der Waals surface area contributed by atoms with Crippen LogP contribution >= 0.6 is 0 Å². The summed E-state index contributed by atoms with van der Waals surface area (Å²) < 4.78 is 0. The van der Waals surface area contributed by atoms with Crippen LogP contribution in [0.2, 0.25) is 0 Å². The van der Waals surface area contributed by atoms with Crippen molar-refractivity contribution in [2.75, 3.05) is 0 Å². The Kier molecular flexibility index (Phi) is 1.70. The van der Waals surface area contributed by atoms with Crippen molar-refractivity contribution in [3.63, 3.8) is 0 Å². The van der Waals surface area contributed by atoms with E-state index in [4.69, 9.17) is 0 Å². The van der Waals surface area contributed by atoms with E-state index < -0.39 is 0 Å². The van der Waals surface area contributed by atoms with Crippen LogP contribution in [-0.2, 0) is 0 Å². The van der Waals surface area contributed by atoms with E-state index in [9.17, 15) is 0 Å². The first kappa shape index (κ1) is 7.41. The Morgan fingerprint density at radius 1 is 0.833 bits per heavy atom. The minimum absolute atomic E-state index is 1.06. The van der Waals surface area contributed by atoms with Gasteiger partial charge < -0.3 is 0 Å². The second-order valence-electron chi connectivity index (χ2n) is 5.08. The molecule has 3 aliphatic rings. The second-order valence-corrected chi connectivity index (χ2v) is 5.08.